The molecular formula is C22H20ClFN2O3. The number of rotatable bonds is 4. The lowest BCUT2D eigenvalue weighted by Crippen LogP contribution is -2.34. The Labute approximate surface area is 172 Å². The number of carbonyl (C=O) groups excluding carboxylic acids is 1. The minimum atomic E-state index is -0.411. The quantitative estimate of drug-likeness (QED) is 0.674. The summed E-state index contributed by atoms with van der Waals surface area (Å²) in [4.78, 5) is 17.3. The molecule has 1 unspecified atom stereocenters. The third-order valence-corrected chi connectivity index (χ3v) is 5.10. The molecule has 29 heavy (non-hydrogen) atoms. The van der Waals surface area contributed by atoms with E-state index < -0.39 is 5.82 Å². The first kappa shape index (κ1) is 19.6. The standard InChI is InChI=1S/C22H20ClFN2O3/c1-13-4-6-16(24)11-19(13)26-22-18(21(27)25-12-17-3-2-8-28-17)10-14-9-15(23)5-7-20(14)29-22/h4-7,9-11,17H,2-3,8,12H2,1H3,(H,25,27). The highest BCUT2D eigenvalue weighted by Crippen LogP contribution is 2.22. The molecule has 7 heteroatoms. The fraction of sp³-hybridized carbons (Fsp3) is 0.273. The Bertz CT molecular complexity index is 1140. The molecule has 2 aromatic carbocycles. The number of nitrogens with zero attached hydrogens (tertiary/aromatic N) is 1. The summed E-state index contributed by atoms with van der Waals surface area (Å²) in [6.45, 7) is 2.94. The number of nitrogens with one attached hydrogen (secondary N) is 1. The van der Waals surface area contributed by atoms with Crippen LogP contribution in [-0.2, 0) is 4.74 Å². The first-order valence-corrected chi connectivity index (χ1v) is 9.81. The second-order valence-electron chi connectivity index (χ2n) is 7.04. The van der Waals surface area contributed by atoms with Crippen LogP contribution in [0.2, 0.25) is 5.02 Å². The molecule has 1 atom stereocenters. The van der Waals surface area contributed by atoms with Crippen LogP contribution < -0.4 is 10.9 Å². The molecule has 1 saturated heterocycles. The molecule has 1 aliphatic rings. The van der Waals surface area contributed by atoms with Gasteiger partial charge in [0, 0.05) is 23.6 Å². The van der Waals surface area contributed by atoms with Crippen molar-refractivity contribution in [2.75, 3.05) is 13.2 Å². The van der Waals surface area contributed by atoms with E-state index in [1.807, 2.05) is 6.92 Å². The highest BCUT2D eigenvalue weighted by molar-refractivity contribution is 6.31. The number of hydrogen-bond acceptors (Lipinski definition) is 4. The van der Waals surface area contributed by atoms with Crippen LogP contribution in [0.5, 0.6) is 0 Å². The number of ether oxygens (including phenoxy) is 1. The summed E-state index contributed by atoms with van der Waals surface area (Å²) in [7, 11) is 0. The number of amides is 1. The van der Waals surface area contributed by atoms with Crippen molar-refractivity contribution in [3.05, 3.63) is 70.0 Å². The monoisotopic (exact) mass is 414 g/mol. The highest BCUT2D eigenvalue weighted by atomic mass is 35.5. The summed E-state index contributed by atoms with van der Waals surface area (Å²) < 4.78 is 25.2. The van der Waals surface area contributed by atoms with Gasteiger partial charge in [0.2, 0.25) is 5.55 Å². The third-order valence-electron chi connectivity index (χ3n) is 4.86. The first-order valence-electron chi connectivity index (χ1n) is 9.44. The highest BCUT2D eigenvalue weighted by Gasteiger charge is 2.19. The van der Waals surface area contributed by atoms with Crippen molar-refractivity contribution in [1.82, 2.24) is 5.32 Å². The Morgan fingerprint density at radius 1 is 1.28 bits per heavy atom. The molecule has 0 saturated carbocycles. The Hall–Kier alpha value is -2.70. The molecule has 1 N–H and O–H groups in total. The Morgan fingerprint density at radius 3 is 2.93 bits per heavy atom. The molecule has 5 nitrogen and oxygen atoms in total. The van der Waals surface area contributed by atoms with Crippen LogP contribution >= 0.6 is 11.6 Å². The van der Waals surface area contributed by atoms with Gasteiger partial charge in [-0.3, -0.25) is 4.79 Å². The van der Waals surface area contributed by atoms with Crippen LogP contribution in [-0.4, -0.2) is 25.2 Å². The predicted molar refractivity (Wildman–Crippen MR) is 109 cm³/mol. The number of hydrogen-bond donors (Lipinski definition) is 1. The summed E-state index contributed by atoms with van der Waals surface area (Å²) in [6.07, 6.45) is 1.92. The van der Waals surface area contributed by atoms with Crippen molar-refractivity contribution in [3.8, 4) is 0 Å². The number of fused-ring (bicyclic) bond motifs is 1. The van der Waals surface area contributed by atoms with Gasteiger partial charge in [-0.15, -0.1) is 0 Å². The third kappa shape index (κ3) is 4.49. The van der Waals surface area contributed by atoms with Gasteiger partial charge in [0.15, 0.2) is 0 Å². The van der Waals surface area contributed by atoms with Crippen LogP contribution in [0, 0.1) is 12.7 Å². The SMILES string of the molecule is Cc1ccc(F)cc1N=c1oc2ccc(Cl)cc2cc1C(=O)NCC1CCCO1. The van der Waals surface area contributed by atoms with Crippen LogP contribution in [0.4, 0.5) is 10.1 Å². The average Bonchev–Trinajstić information content (AvgIpc) is 3.22. The summed E-state index contributed by atoms with van der Waals surface area (Å²) in [5.41, 5.74) is 2.05. The molecule has 150 valence electrons. The molecule has 0 bridgehead atoms. The molecule has 0 radical (unpaired) electrons. The minimum Gasteiger partial charge on any atom is -0.438 e. The van der Waals surface area contributed by atoms with E-state index in [4.69, 9.17) is 20.8 Å². The normalized spacial score (nSPS) is 17.1. The number of benzene rings is 2. The fourth-order valence-electron chi connectivity index (χ4n) is 3.27. The van der Waals surface area contributed by atoms with Gasteiger partial charge in [0.1, 0.15) is 17.0 Å². The Kier molecular flexibility index (Phi) is 5.65. The van der Waals surface area contributed by atoms with Crippen molar-refractivity contribution in [1.29, 1.82) is 0 Å². The Morgan fingerprint density at radius 2 is 2.14 bits per heavy atom. The van der Waals surface area contributed by atoms with Gasteiger partial charge >= 0.3 is 0 Å². The van der Waals surface area contributed by atoms with E-state index in [0.29, 0.717) is 34.8 Å². The topological polar surface area (TPSA) is 63.8 Å². The fourth-order valence-corrected chi connectivity index (χ4v) is 3.45. The zero-order valence-corrected chi connectivity index (χ0v) is 16.6. The Balaban J connectivity index is 1.79. The summed E-state index contributed by atoms with van der Waals surface area (Å²) in [5.74, 6) is -0.745. The molecule has 3 aromatic rings. The number of halogens is 2. The maximum atomic E-state index is 13.7. The van der Waals surface area contributed by atoms with Crippen molar-refractivity contribution in [2.24, 2.45) is 4.99 Å². The van der Waals surface area contributed by atoms with Gasteiger partial charge in [-0.25, -0.2) is 9.38 Å². The predicted octanol–water partition coefficient (Wildman–Crippen LogP) is 4.67. The molecule has 1 aliphatic heterocycles. The molecule has 1 fully saturated rings. The second kappa shape index (κ2) is 8.35. The molecule has 1 aromatic heterocycles. The van der Waals surface area contributed by atoms with E-state index in [1.165, 1.54) is 12.1 Å². The lowest BCUT2D eigenvalue weighted by Gasteiger charge is -2.11. The van der Waals surface area contributed by atoms with Gasteiger partial charge in [-0.05, 0) is 61.7 Å². The number of aryl methyl sites for hydroxylation is 1. The minimum absolute atomic E-state index is 0.0108. The van der Waals surface area contributed by atoms with Crippen LogP contribution in [0.1, 0.15) is 28.8 Å². The largest absolute Gasteiger partial charge is 0.438 e. The smallest absolute Gasteiger partial charge is 0.256 e. The second-order valence-corrected chi connectivity index (χ2v) is 7.47. The summed E-state index contributed by atoms with van der Waals surface area (Å²) in [5, 5.41) is 4.09. The molecule has 1 amide bonds. The van der Waals surface area contributed by atoms with E-state index in [9.17, 15) is 9.18 Å². The van der Waals surface area contributed by atoms with Crippen LogP contribution in [0.3, 0.4) is 0 Å². The van der Waals surface area contributed by atoms with E-state index in [1.54, 1.807) is 30.3 Å². The van der Waals surface area contributed by atoms with Gasteiger partial charge in [-0.2, -0.15) is 0 Å². The maximum absolute atomic E-state index is 13.7. The molecule has 0 spiro atoms. The van der Waals surface area contributed by atoms with Crippen LogP contribution in [0.25, 0.3) is 11.0 Å². The number of carbonyl (C=O) groups is 1. The molecule has 2 heterocycles. The van der Waals surface area contributed by atoms with E-state index >= 15 is 0 Å². The van der Waals surface area contributed by atoms with Gasteiger partial charge in [0.05, 0.1) is 11.8 Å². The van der Waals surface area contributed by atoms with Crippen molar-refractivity contribution < 1.29 is 18.3 Å². The van der Waals surface area contributed by atoms with Gasteiger partial charge in [-0.1, -0.05) is 17.7 Å². The summed E-state index contributed by atoms with van der Waals surface area (Å²) >= 11 is 6.08. The lowest BCUT2D eigenvalue weighted by molar-refractivity contribution is 0.0854. The molecular weight excluding hydrogens is 395 g/mol. The zero-order valence-electron chi connectivity index (χ0n) is 15.9. The van der Waals surface area contributed by atoms with E-state index in [0.717, 1.165) is 18.4 Å². The zero-order chi connectivity index (χ0) is 20.4. The maximum Gasteiger partial charge on any atom is 0.256 e. The average molecular weight is 415 g/mol. The van der Waals surface area contributed by atoms with Gasteiger partial charge < -0.3 is 14.5 Å². The lowest BCUT2D eigenvalue weighted by atomic mass is 10.1. The summed E-state index contributed by atoms with van der Waals surface area (Å²) in [6, 6.07) is 11.1. The molecule has 0 aliphatic carbocycles. The van der Waals surface area contributed by atoms with Crippen molar-refractivity contribution in [2.45, 2.75) is 25.9 Å². The van der Waals surface area contributed by atoms with E-state index in [2.05, 4.69) is 10.3 Å². The van der Waals surface area contributed by atoms with Crippen molar-refractivity contribution in [3.63, 3.8) is 0 Å². The first-order chi connectivity index (χ1) is 14.0. The van der Waals surface area contributed by atoms with Crippen LogP contribution in [0.15, 0.2) is 51.9 Å². The van der Waals surface area contributed by atoms with Gasteiger partial charge in [0.25, 0.3) is 5.91 Å². The molecule has 4 rings (SSSR count). The van der Waals surface area contributed by atoms with E-state index in [-0.39, 0.29) is 23.1 Å². The van der Waals surface area contributed by atoms with Crippen molar-refractivity contribution >= 4 is 34.2 Å².